The molecule has 0 spiro atoms. The van der Waals surface area contributed by atoms with E-state index in [1.165, 1.54) is 62.2 Å². The maximum Gasteiger partial charge on any atom is 0.246 e. The first-order valence-corrected chi connectivity index (χ1v) is 17.2. The molecule has 6 rings (SSSR count). The Hall–Kier alpha value is -2.74. The second-order valence-corrected chi connectivity index (χ2v) is 14.3. The number of fused-ring (bicyclic) bond motifs is 1. The lowest BCUT2D eigenvalue weighted by Gasteiger charge is -2.31. The van der Waals surface area contributed by atoms with Crippen molar-refractivity contribution in [2.75, 3.05) is 39.3 Å². The zero-order valence-electron chi connectivity index (χ0n) is 26.4. The lowest BCUT2D eigenvalue weighted by Crippen LogP contribution is -2.55. The number of carbonyl (C=O) groups excluding carboxylic acids is 2. The highest BCUT2D eigenvalue weighted by atomic mass is 35.5. The van der Waals surface area contributed by atoms with Crippen LogP contribution in [0.1, 0.15) is 62.6 Å². The lowest BCUT2D eigenvalue weighted by atomic mass is 9.95. The van der Waals surface area contributed by atoms with Crippen LogP contribution in [0, 0.1) is 11.8 Å². The summed E-state index contributed by atoms with van der Waals surface area (Å²) >= 11 is 6.16. The number of nitrogens with one attached hydrogen (secondary N) is 2. The summed E-state index contributed by atoms with van der Waals surface area (Å²) in [6.45, 7) is 11.3. The summed E-state index contributed by atoms with van der Waals surface area (Å²) in [6.07, 6.45) is 7.18. The van der Waals surface area contributed by atoms with Gasteiger partial charge in [0.15, 0.2) is 11.8 Å². The average Bonchev–Trinajstić information content (AvgIpc) is 3.71. The van der Waals surface area contributed by atoms with E-state index in [4.69, 9.17) is 11.6 Å². The fourth-order valence-electron chi connectivity index (χ4n) is 7.26. The van der Waals surface area contributed by atoms with E-state index in [9.17, 15) is 9.59 Å². The van der Waals surface area contributed by atoms with Crippen LogP contribution in [-0.2, 0) is 29.0 Å². The number of amides is 2. The molecule has 236 valence electrons. The van der Waals surface area contributed by atoms with Crippen LogP contribution < -0.4 is 10.6 Å². The molecule has 0 aromatic heterocycles. The Balaban J connectivity index is 1.15. The van der Waals surface area contributed by atoms with Gasteiger partial charge in [0, 0.05) is 69.3 Å². The van der Waals surface area contributed by atoms with E-state index in [0.29, 0.717) is 49.5 Å². The van der Waals surface area contributed by atoms with Gasteiger partial charge in [0.05, 0.1) is 6.04 Å². The van der Waals surface area contributed by atoms with Crippen LogP contribution in [0.3, 0.4) is 0 Å². The molecule has 3 aliphatic heterocycles. The van der Waals surface area contributed by atoms with Crippen LogP contribution in [0.2, 0.25) is 5.02 Å². The Bertz CT molecular complexity index is 1350. The van der Waals surface area contributed by atoms with Crippen LogP contribution in [-0.4, -0.2) is 89.3 Å². The van der Waals surface area contributed by atoms with Gasteiger partial charge in [-0.05, 0) is 54.0 Å². The van der Waals surface area contributed by atoms with Gasteiger partial charge in [0.25, 0.3) is 0 Å². The van der Waals surface area contributed by atoms with Gasteiger partial charge in [-0.25, -0.2) is 4.58 Å². The molecule has 3 fully saturated rings. The fraction of sp³-hybridized carbons (Fsp3) is 0.583. The molecule has 1 aliphatic carbocycles. The molecule has 2 N–H and O–H groups in total. The lowest BCUT2D eigenvalue weighted by molar-refractivity contribution is -0.576. The SMILES string of the molecule is CC(C)C[N+](=C1CCN(C(=O)C(Cc2ccc(Cl)cc2)NC(=O)C2Cc3ccccc3CN2)C1)C1CCN(CC2CC2)CC1. The molecule has 2 unspecified atom stereocenters. The first-order valence-electron chi connectivity index (χ1n) is 16.8. The summed E-state index contributed by atoms with van der Waals surface area (Å²) in [5, 5.41) is 7.21. The Labute approximate surface area is 268 Å². The summed E-state index contributed by atoms with van der Waals surface area (Å²) in [7, 11) is 0. The van der Waals surface area contributed by atoms with E-state index in [-0.39, 0.29) is 17.9 Å². The van der Waals surface area contributed by atoms with E-state index >= 15 is 0 Å². The van der Waals surface area contributed by atoms with E-state index < -0.39 is 6.04 Å². The van der Waals surface area contributed by atoms with Gasteiger partial charge >= 0.3 is 0 Å². The molecule has 0 radical (unpaired) electrons. The largest absolute Gasteiger partial charge is 0.343 e. The summed E-state index contributed by atoms with van der Waals surface area (Å²) in [4.78, 5) is 32.4. The second-order valence-electron chi connectivity index (χ2n) is 13.9. The molecule has 8 heteroatoms. The second kappa shape index (κ2) is 14.1. The molecule has 44 heavy (non-hydrogen) atoms. The Morgan fingerprint density at radius 3 is 2.43 bits per heavy atom. The predicted octanol–water partition coefficient (Wildman–Crippen LogP) is 4.30. The molecule has 2 aromatic rings. The first-order chi connectivity index (χ1) is 21.3. The van der Waals surface area contributed by atoms with Crippen molar-refractivity contribution in [3.05, 3.63) is 70.2 Å². The van der Waals surface area contributed by atoms with Crippen molar-refractivity contribution in [1.82, 2.24) is 20.4 Å². The zero-order chi connectivity index (χ0) is 30.6. The Morgan fingerprint density at radius 2 is 1.73 bits per heavy atom. The van der Waals surface area contributed by atoms with Gasteiger partial charge in [-0.3, -0.25) is 9.59 Å². The fourth-order valence-corrected chi connectivity index (χ4v) is 7.39. The van der Waals surface area contributed by atoms with Crippen LogP contribution in [0.5, 0.6) is 0 Å². The quantitative estimate of drug-likeness (QED) is 0.390. The van der Waals surface area contributed by atoms with Gasteiger partial charge in [0.2, 0.25) is 11.8 Å². The minimum atomic E-state index is -0.633. The molecular formula is C36H49ClN5O2+. The highest BCUT2D eigenvalue weighted by molar-refractivity contribution is 6.30. The van der Waals surface area contributed by atoms with Gasteiger partial charge < -0.3 is 20.4 Å². The van der Waals surface area contributed by atoms with Gasteiger partial charge in [0.1, 0.15) is 19.1 Å². The van der Waals surface area contributed by atoms with E-state index in [0.717, 1.165) is 24.4 Å². The molecule has 3 heterocycles. The number of benzene rings is 2. The maximum atomic E-state index is 14.2. The smallest absolute Gasteiger partial charge is 0.246 e. The van der Waals surface area contributed by atoms with Crippen molar-refractivity contribution in [2.24, 2.45) is 11.8 Å². The van der Waals surface area contributed by atoms with Crippen LogP contribution in [0.15, 0.2) is 48.5 Å². The molecule has 2 amide bonds. The summed E-state index contributed by atoms with van der Waals surface area (Å²) in [5.74, 6) is 1.38. The monoisotopic (exact) mass is 618 g/mol. The van der Waals surface area contributed by atoms with Crippen molar-refractivity contribution in [2.45, 2.75) is 83.5 Å². The van der Waals surface area contributed by atoms with Crippen LogP contribution >= 0.6 is 11.6 Å². The van der Waals surface area contributed by atoms with Crippen molar-refractivity contribution < 1.29 is 14.2 Å². The van der Waals surface area contributed by atoms with E-state index in [1.807, 2.05) is 41.3 Å². The maximum absolute atomic E-state index is 14.2. The minimum Gasteiger partial charge on any atom is -0.343 e. The third-order valence-corrected chi connectivity index (χ3v) is 10.2. The molecule has 4 aliphatic rings. The van der Waals surface area contributed by atoms with Crippen LogP contribution in [0.4, 0.5) is 0 Å². The number of likely N-dealkylation sites (tertiary alicyclic amines) is 2. The number of hydrogen-bond donors (Lipinski definition) is 2. The number of hydrogen-bond acceptors (Lipinski definition) is 4. The summed E-state index contributed by atoms with van der Waals surface area (Å²) < 4.78 is 2.66. The standard InChI is InChI=1S/C36H48ClN5O2/c1-25(2)22-42(31-13-16-40(17-14-31)23-27-7-8-27)32-15-18-41(24-32)36(44)34(19-26-9-11-30(37)12-10-26)39-35(43)33-20-28-5-3-4-6-29(28)21-38-33/h3-6,9-12,25,27,31,33-34,38H,7-8,13-24H2,1-2H3/p+1. The predicted molar refractivity (Wildman–Crippen MR) is 176 cm³/mol. The van der Waals surface area contributed by atoms with Gasteiger partial charge in [-0.15, -0.1) is 0 Å². The topological polar surface area (TPSA) is 67.7 Å². The van der Waals surface area contributed by atoms with Crippen molar-refractivity contribution >= 4 is 29.1 Å². The number of piperidine rings is 1. The van der Waals surface area contributed by atoms with Crippen molar-refractivity contribution in [3.8, 4) is 0 Å². The van der Waals surface area contributed by atoms with Crippen molar-refractivity contribution in [1.29, 1.82) is 0 Å². The molecule has 2 saturated heterocycles. The number of rotatable bonds is 10. The Kier molecular flexibility index (Phi) is 10.0. The van der Waals surface area contributed by atoms with E-state index in [2.05, 4.69) is 46.1 Å². The molecule has 7 nitrogen and oxygen atoms in total. The zero-order valence-corrected chi connectivity index (χ0v) is 27.2. The summed E-state index contributed by atoms with van der Waals surface area (Å²) in [5.41, 5.74) is 4.78. The molecule has 1 saturated carbocycles. The number of nitrogens with zero attached hydrogens (tertiary/aromatic N) is 3. The molecule has 0 bridgehead atoms. The third-order valence-electron chi connectivity index (χ3n) is 9.90. The average molecular weight is 619 g/mol. The van der Waals surface area contributed by atoms with E-state index in [1.54, 1.807) is 0 Å². The molecule has 2 aromatic carbocycles. The Morgan fingerprint density at radius 1 is 1.00 bits per heavy atom. The first kappa shape index (κ1) is 31.3. The highest BCUT2D eigenvalue weighted by Crippen LogP contribution is 2.31. The normalized spacial score (nSPS) is 23.0. The summed E-state index contributed by atoms with van der Waals surface area (Å²) in [6, 6.07) is 15.4. The molecular weight excluding hydrogens is 570 g/mol. The van der Waals surface area contributed by atoms with Crippen molar-refractivity contribution in [3.63, 3.8) is 0 Å². The van der Waals surface area contributed by atoms with Gasteiger partial charge in [-0.1, -0.05) is 61.8 Å². The third kappa shape index (κ3) is 7.91. The molecule has 2 atom stereocenters. The number of halogens is 1. The number of carbonyl (C=O) groups is 2. The highest BCUT2D eigenvalue weighted by Gasteiger charge is 2.38. The van der Waals surface area contributed by atoms with Gasteiger partial charge in [-0.2, -0.15) is 0 Å². The minimum absolute atomic E-state index is 0.00302. The van der Waals surface area contributed by atoms with Crippen LogP contribution in [0.25, 0.3) is 0 Å².